The van der Waals surface area contributed by atoms with Crippen LogP contribution in [0.5, 0.6) is 11.5 Å². The summed E-state index contributed by atoms with van der Waals surface area (Å²) >= 11 is 25.6. The number of nitrogens with one attached hydrogen (secondary N) is 6. The second kappa shape index (κ2) is 97.4. The Morgan fingerprint density at radius 1 is 0.368 bits per heavy atom. The van der Waals surface area contributed by atoms with Crippen LogP contribution in [0.25, 0.3) is 22.6 Å². The Kier molecular flexibility index (Phi) is 172. The Labute approximate surface area is 1430 Å². The van der Waals surface area contributed by atoms with Crippen LogP contribution in [0.15, 0.2) is 99.4 Å². The van der Waals surface area contributed by atoms with Gasteiger partial charge in [0.15, 0.2) is 22.8 Å². The van der Waals surface area contributed by atoms with Crippen molar-refractivity contribution in [1.82, 2.24) is 34.9 Å². The zero-order valence-corrected chi connectivity index (χ0v) is 147. The molecule has 3 aliphatic rings. The second-order valence-corrected chi connectivity index (χ2v) is 26.0. The number of rotatable bonds is 19. The molecule has 6 aromatic rings. The summed E-state index contributed by atoms with van der Waals surface area (Å²) in [5.41, 5.74) is -2.86. The van der Waals surface area contributed by atoms with Gasteiger partial charge in [-0.1, -0.05) is 23.2 Å². The normalized spacial score (nSPS) is 9.47. The summed E-state index contributed by atoms with van der Waals surface area (Å²) in [6, 6.07) is 8.39. The summed E-state index contributed by atoms with van der Waals surface area (Å²) in [4.78, 5) is 25.5. The summed E-state index contributed by atoms with van der Waals surface area (Å²) < 4.78 is 230. The largest absolute Gasteiger partial charge is 1.00 e. The minimum absolute atomic E-state index is 0. The minimum Gasteiger partial charge on any atom is -0.744 e. The van der Waals surface area contributed by atoms with Crippen LogP contribution in [-0.2, 0) is 60.7 Å². The van der Waals surface area contributed by atoms with Crippen molar-refractivity contribution in [3.8, 4) is 23.0 Å². The van der Waals surface area contributed by atoms with Gasteiger partial charge in [0.2, 0.25) is 34.4 Å². The maximum atomic E-state index is 12.9. The summed E-state index contributed by atoms with van der Waals surface area (Å²) in [6.07, 6.45) is 0. The summed E-state index contributed by atoms with van der Waals surface area (Å²) in [6.45, 7) is -0.976. The fourth-order valence-corrected chi connectivity index (χ4v) is 12.5. The number of halogens is 4. The molecular weight excluding hydrogens is 2090 g/mol. The fourth-order valence-electron chi connectivity index (χ4n) is 7.60. The Balaban J connectivity index is -0.000000112. The molecular formula is C40H24Cl4N14Na33O20S6+27. The summed E-state index contributed by atoms with van der Waals surface area (Å²) in [5, 5.41) is 13.4. The minimum atomic E-state index is -5.48. The Morgan fingerprint density at radius 2 is 0.726 bits per heavy atom. The van der Waals surface area contributed by atoms with E-state index in [1.165, 1.54) is 12.1 Å². The molecule has 0 unspecified atom stereocenters. The van der Waals surface area contributed by atoms with Gasteiger partial charge in [0.1, 0.15) is 97.4 Å². The number of anilines is 9. The van der Waals surface area contributed by atoms with E-state index in [9.17, 15) is 77.8 Å². The molecule has 0 spiro atoms. The molecule has 4 aromatic carbocycles. The van der Waals surface area contributed by atoms with E-state index >= 15 is 0 Å². The molecule has 1 aliphatic carbocycles. The molecule has 0 atom stereocenters. The first kappa shape index (κ1) is 207. The fraction of sp³-hybridized carbons (Fsp3) is 0.100. The van der Waals surface area contributed by atoms with Gasteiger partial charge in [-0.05, 0) is 83.9 Å². The monoisotopic (exact) mass is 2110 g/mol. The van der Waals surface area contributed by atoms with Gasteiger partial charge in [-0.3, -0.25) is 4.99 Å². The molecule has 0 amide bonds. The molecule has 77 heteroatoms. The molecule has 2 aliphatic heterocycles. The van der Waals surface area contributed by atoms with Crippen molar-refractivity contribution >= 4 is 170 Å². The molecule has 117 heavy (non-hydrogen) atoms. The number of nitrogens with zero attached hydrogens (tertiary/aromatic N) is 8. The van der Waals surface area contributed by atoms with Gasteiger partial charge in [-0.25, -0.2) is 55.5 Å². The van der Waals surface area contributed by atoms with Crippen LogP contribution in [0.4, 0.5) is 52.2 Å². The van der Waals surface area contributed by atoms with E-state index in [0.717, 1.165) is 30.3 Å². The van der Waals surface area contributed by atoms with Crippen molar-refractivity contribution in [2.45, 2.75) is 29.4 Å². The number of hydrogen-bond donors (Lipinski definition) is 6. The molecule has 0 radical (unpaired) electrons. The predicted molar refractivity (Wildman–Crippen MR) is 283 cm³/mol. The van der Waals surface area contributed by atoms with Crippen LogP contribution >= 0.6 is 46.4 Å². The van der Waals surface area contributed by atoms with Gasteiger partial charge in [0.05, 0.1) is 54.2 Å². The van der Waals surface area contributed by atoms with E-state index in [2.05, 4.69) is 71.8 Å². The zero-order chi connectivity index (χ0) is 61.2. The van der Waals surface area contributed by atoms with Crippen LogP contribution in [0, 0.1) is 0 Å². The van der Waals surface area contributed by atoms with Crippen molar-refractivity contribution in [3.05, 3.63) is 86.6 Å². The Hall–Kier alpha value is 25.7. The van der Waals surface area contributed by atoms with Gasteiger partial charge in [0.25, 0.3) is 0 Å². The van der Waals surface area contributed by atoms with Crippen molar-refractivity contribution in [1.29, 1.82) is 0 Å². The molecule has 4 heterocycles. The maximum Gasteiger partial charge on any atom is 1.00 e. The van der Waals surface area contributed by atoms with Crippen LogP contribution in [0.2, 0.25) is 20.6 Å². The number of aromatic nitrogens is 7. The van der Waals surface area contributed by atoms with Gasteiger partial charge in [-0.2, -0.15) is 29.9 Å². The SMILES string of the molecule is O=S(=O)([O-])c1ccc(Nc2nc(Cl)nc(NCCN=c3ccc4nc5c(Cl)c6c(c(Cl)c5oc-4c3S(=O)(=O)[O-])Nc3ccc(NCCNc4nc(Cl)nc(Nc5ccc(S(=O)(=O)[O-])cc5S(=O)(=O)[O-])n4)c(S(=O)(=O)[O-])c3O6)n2)c(S(=O)(=O)[O-])c1.[Na+].[Na+].[Na+].[Na+].[Na+].[Na+].[Na+].[Na+].[Na+].[Na+].[Na+].[Na+].[Na+].[Na+].[Na+].[Na+].[Na+].[Na+].[Na+].[Na+].[Na+].[Na+].[Na+].[Na+].[Na+].[Na+].[Na+].[Na+].[Na+].[Na+].[Na+].[Na+].[Na+]. The molecule has 9 rings (SSSR count). The summed E-state index contributed by atoms with van der Waals surface area (Å²) in [7, 11) is -32.1. The number of fused-ring (bicyclic) bond motifs is 4. The molecule has 0 fully saturated rings. The smallest absolute Gasteiger partial charge is 0.744 e. The van der Waals surface area contributed by atoms with Gasteiger partial charge < -0.3 is 68.4 Å². The van der Waals surface area contributed by atoms with Gasteiger partial charge in [0, 0.05) is 19.6 Å². The Bertz CT molecular complexity index is 4960. The molecule has 0 saturated carbocycles. The number of hydrogen-bond acceptors (Lipinski definition) is 34. The van der Waals surface area contributed by atoms with E-state index in [1.54, 1.807) is 0 Å². The van der Waals surface area contributed by atoms with Gasteiger partial charge in [-0.15, -0.1) is 0 Å². The first-order chi connectivity index (χ1) is 39.0. The van der Waals surface area contributed by atoms with Crippen LogP contribution < -0.4 is 1020 Å². The van der Waals surface area contributed by atoms with E-state index in [4.69, 9.17) is 55.6 Å². The van der Waals surface area contributed by atoms with Crippen molar-refractivity contribution in [2.75, 3.05) is 58.1 Å². The zero-order valence-electron chi connectivity index (χ0n) is 73.3. The predicted octanol–water partition coefficient (Wildman–Crippen LogP) is -95.7. The third kappa shape index (κ3) is 64.1. The van der Waals surface area contributed by atoms with E-state index in [1.807, 2.05) is 0 Å². The van der Waals surface area contributed by atoms with Gasteiger partial charge >= 0.3 is 975 Å². The van der Waals surface area contributed by atoms with Crippen molar-refractivity contribution < 1.29 is 1060 Å². The third-order valence-corrected chi connectivity index (χ3v) is 17.2. The van der Waals surface area contributed by atoms with Crippen LogP contribution in [0.3, 0.4) is 0 Å². The van der Waals surface area contributed by atoms with Crippen molar-refractivity contribution in [3.63, 3.8) is 0 Å². The maximum absolute atomic E-state index is 12.9. The molecule has 444 valence electrons. The average Bonchev–Trinajstić information content (AvgIpc) is 0.724. The van der Waals surface area contributed by atoms with Crippen molar-refractivity contribution in [2.24, 2.45) is 4.99 Å². The first-order valence-corrected chi connectivity index (χ1v) is 32.0. The molecule has 34 nitrogen and oxygen atoms in total. The molecule has 2 aromatic heterocycles. The topological polar surface area (TPSA) is 540 Å². The third-order valence-electron chi connectivity index (χ3n) is 11.0. The molecule has 0 saturated heterocycles. The van der Waals surface area contributed by atoms with Crippen LogP contribution in [-0.4, -0.2) is 139 Å². The number of ether oxygens (including phenoxy) is 1. The van der Waals surface area contributed by atoms with Crippen LogP contribution in [0.1, 0.15) is 0 Å². The number of benzene rings is 5. The standard InChI is InChI=1S/C40H30Cl4N14O20S6.33Na/c41-25-28-32(78-30-20(50-28)6-8-22(34(30)84(74,75)76)46-10-12-48-38-54-36(44)56-40(58-38)52-18-4-2-16(80(62,63)64)14-24(18)82(68,69)70)26(42)27-31(25)77-29-19(49-27)5-7-21(33(29)83(71,72)73)45-9-11-47-37-53-35(43)55-39(57-37)51-17-3-1-15(79(59,60)61)13-23(17)81(65,66)67;;;;;;;;;;;;;;;;;;;;;;;;;;;;;;;;;/h1-8,13-14,45,49H,9-12H2,(H,59,60,61)(H,62,63,64)(H,65,66,67)(H,68,69,70)(H,71,72,73)(H,74,75,76)(H2,47,51,53,55,57)(H2,48,52,54,56,58);;;;;;;;;;;;;;;;;;;;;;;;;;;;;;;;;/q;33*+1/p-6. The quantitative estimate of drug-likeness (QED) is 0.0189. The first-order valence-electron chi connectivity index (χ1n) is 22.1. The second-order valence-electron chi connectivity index (χ2n) is 16.5. The molecule has 0 bridgehead atoms. The van der Waals surface area contributed by atoms with E-state index < -0.39 is 162 Å². The molecule has 6 N–H and O–H groups in total. The Morgan fingerprint density at radius 3 is 1.09 bits per heavy atom. The van der Waals surface area contributed by atoms with E-state index in [-0.39, 0.29) is 1040 Å². The van der Waals surface area contributed by atoms with E-state index in [0.29, 0.717) is 18.2 Å². The summed E-state index contributed by atoms with van der Waals surface area (Å²) in [5.74, 6) is -3.20. The average molecular weight is 2110 g/mol.